The Morgan fingerprint density at radius 1 is 1.35 bits per heavy atom. The SMILES string of the molecule is Cc1cc([N+](=O)[O-])ccc1NCC(C)(C)NS(C)(=O)=O. The van der Waals surface area contributed by atoms with Gasteiger partial charge < -0.3 is 5.32 Å². The molecule has 0 atom stereocenters. The number of nitrogens with one attached hydrogen (secondary N) is 2. The highest BCUT2D eigenvalue weighted by Crippen LogP contribution is 2.21. The van der Waals surface area contributed by atoms with Gasteiger partial charge in [-0.3, -0.25) is 10.1 Å². The van der Waals surface area contributed by atoms with E-state index in [1.54, 1.807) is 26.8 Å². The summed E-state index contributed by atoms with van der Waals surface area (Å²) in [5.41, 5.74) is 0.830. The number of hydrogen-bond acceptors (Lipinski definition) is 5. The van der Waals surface area contributed by atoms with Crippen LogP contribution in [0, 0.1) is 17.0 Å². The zero-order valence-corrected chi connectivity index (χ0v) is 12.7. The number of aryl methyl sites for hydroxylation is 1. The second-order valence-corrected chi connectivity index (χ2v) is 7.12. The largest absolute Gasteiger partial charge is 0.383 e. The molecule has 0 spiro atoms. The van der Waals surface area contributed by atoms with Gasteiger partial charge in [0.2, 0.25) is 10.0 Å². The van der Waals surface area contributed by atoms with Crippen LogP contribution in [-0.2, 0) is 10.0 Å². The van der Waals surface area contributed by atoms with Crippen LogP contribution in [0.5, 0.6) is 0 Å². The second kappa shape index (κ2) is 5.76. The van der Waals surface area contributed by atoms with E-state index in [2.05, 4.69) is 10.0 Å². The molecule has 0 aliphatic heterocycles. The average Bonchev–Trinajstić information content (AvgIpc) is 2.23. The highest BCUT2D eigenvalue weighted by molar-refractivity contribution is 7.88. The van der Waals surface area contributed by atoms with Crippen LogP contribution >= 0.6 is 0 Å². The summed E-state index contributed by atoms with van der Waals surface area (Å²) in [5.74, 6) is 0. The topological polar surface area (TPSA) is 101 Å². The van der Waals surface area contributed by atoms with Gasteiger partial charge in [-0.05, 0) is 32.4 Å². The molecule has 0 aliphatic carbocycles. The molecule has 1 aromatic rings. The molecule has 8 heteroatoms. The number of nitrogens with zero attached hydrogens (tertiary/aromatic N) is 1. The van der Waals surface area contributed by atoms with Crippen molar-refractivity contribution >= 4 is 21.4 Å². The number of sulfonamides is 1. The number of non-ortho nitro benzene ring substituents is 1. The minimum Gasteiger partial charge on any atom is -0.383 e. The maximum atomic E-state index is 11.2. The molecule has 0 radical (unpaired) electrons. The van der Waals surface area contributed by atoms with Crippen LogP contribution in [0.3, 0.4) is 0 Å². The quantitative estimate of drug-likeness (QED) is 0.614. The summed E-state index contributed by atoms with van der Waals surface area (Å²) in [4.78, 5) is 10.2. The molecule has 20 heavy (non-hydrogen) atoms. The fourth-order valence-corrected chi connectivity index (χ4v) is 2.89. The first-order chi connectivity index (χ1) is 9.00. The molecule has 0 aliphatic rings. The Labute approximate surface area is 118 Å². The van der Waals surface area contributed by atoms with E-state index >= 15 is 0 Å². The van der Waals surface area contributed by atoms with Gasteiger partial charge in [0.25, 0.3) is 5.69 Å². The van der Waals surface area contributed by atoms with E-state index in [4.69, 9.17) is 0 Å². The van der Waals surface area contributed by atoms with Gasteiger partial charge in [0.15, 0.2) is 0 Å². The van der Waals surface area contributed by atoms with Crippen molar-refractivity contribution in [2.24, 2.45) is 0 Å². The van der Waals surface area contributed by atoms with Gasteiger partial charge >= 0.3 is 0 Å². The lowest BCUT2D eigenvalue weighted by atomic mass is 10.1. The minimum atomic E-state index is -3.29. The third kappa shape index (κ3) is 5.14. The lowest BCUT2D eigenvalue weighted by molar-refractivity contribution is -0.384. The highest BCUT2D eigenvalue weighted by Gasteiger charge is 2.22. The zero-order valence-electron chi connectivity index (χ0n) is 11.9. The number of hydrogen-bond donors (Lipinski definition) is 2. The van der Waals surface area contributed by atoms with Gasteiger partial charge in [-0.15, -0.1) is 0 Å². The first kappa shape index (κ1) is 16.4. The van der Waals surface area contributed by atoms with E-state index < -0.39 is 20.5 Å². The Bertz CT molecular complexity index is 611. The predicted molar refractivity (Wildman–Crippen MR) is 78.4 cm³/mol. The van der Waals surface area contributed by atoms with Gasteiger partial charge in [-0.1, -0.05) is 0 Å². The van der Waals surface area contributed by atoms with Gasteiger partial charge in [0.05, 0.1) is 11.2 Å². The van der Waals surface area contributed by atoms with Crippen molar-refractivity contribution in [3.8, 4) is 0 Å². The lowest BCUT2D eigenvalue weighted by Crippen LogP contribution is -2.47. The molecule has 0 aromatic heterocycles. The van der Waals surface area contributed by atoms with Crippen molar-refractivity contribution in [2.45, 2.75) is 26.3 Å². The second-order valence-electron chi connectivity index (χ2n) is 5.37. The number of benzene rings is 1. The Hall–Kier alpha value is -1.67. The molecule has 7 nitrogen and oxygen atoms in total. The van der Waals surface area contributed by atoms with E-state index in [1.807, 2.05) is 0 Å². The molecule has 112 valence electrons. The number of anilines is 1. The van der Waals surface area contributed by atoms with Gasteiger partial charge in [-0.2, -0.15) is 0 Å². The third-order valence-electron chi connectivity index (χ3n) is 2.60. The van der Waals surface area contributed by atoms with Crippen LogP contribution < -0.4 is 10.0 Å². The molecule has 0 saturated carbocycles. The van der Waals surface area contributed by atoms with Crippen molar-refractivity contribution in [3.05, 3.63) is 33.9 Å². The molecule has 0 bridgehead atoms. The van der Waals surface area contributed by atoms with Gasteiger partial charge in [0.1, 0.15) is 0 Å². The molecular formula is C12H19N3O4S. The fourth-order valence-electron chi connectivity index (χ4n) is 1.81. The maximum absolute atomic E-state index is 11.2. The standard InChI is InChI=1S/C12H19N3O4S/c1-9-7-10(15(16)17)5-6-11(9)13-8-12(2,3)14-20(4,18)19/h5-7,13-14H,8H2,1-4H3. The van der Waals surface area contributed by atoms with Crippen molar-refractivity contribution in [2.75, 3.05) is 18.1 Å². The summed E-state index contributed by atoms with van der Waals surface area (Å²) in [7, 11) is -3.29. The van der Waals surface area contributed by atoms with Crippen LogP contribution in [0.4, 0.5) is 11.4 Å². The van der Waals surface area contributed by atoms with Crippen molar-refractivity contribution < 1.29 is 13.3 Å². The summed E-state index contributed by atoms with van der Waals surface area (Å²) in [5, 5.41) is 13.7. The summed E-state index contributed by atoms with van der Waals surface area (Å²) in [6.45, 7) is 5.62. The van der Waals surface area contributed by atoms with Crippen LogP contribution in [0.1, 0.15) is 19.4 Å². The molecule has 0 fully saturated rings. The number of nitro groups is 1. The molecule has 0 amide bonds. The van der Waals surface area contributed by atoms with E-state index in [9.17, 15) is 18.5 Å². The average molecular weight is 301 g/mol. The van der Waals surface area contributed by atoms with E-state index in [0.29, 0.717) is 6.54 Å². The number of nitro benzene ring substituents is 1. The number of rotatable bonds is 6. The summed E-state index contributed by atoms with van der Waals surface area (Å²) >= 11 is 0. The van der Waals surface area contributed by atoms with Crippen LogP contribution in [0.15, 0.2) is 18.2 Å². The van der Waals surface area contributed by atoms with E-state index in [0.717, 1.165) is 17.5 Å². The fraction of sp³-hybridized carbons (Fsp3) is 0.500. The molecule has 2 N–H and O–H groups in total. The van der Waals surface area contributed by atoms with Gasteiger partial charge in [-0.25, -0.2) is 13.1 Å². The minimum absolute atomic E-state index is 0.0292. The Balaban J connectivity index is 2.78. The van der Waals surface area contributed by atoms with Gasteiger partial charge in [0, 0.05) is 29.9 Å². The first-order valence-corrected chi connectivity index (χ1v) is 7.87. The highest BCUT2D eigenvalue weighted by atomic mass is 32.2. The zero-order chi connectivity index (χ0) is 15.6. The van der Waals surface area contributed by atoms with Crippen molar-refractivity contribution in [3.63, 3.8) is 0 Å². The predicted octanol–water partition coefficient (Wildman–Crippen LogP) is 1.64. The first-order valence-electron chi connectivity index (χ1n) is 5.98. The maximum Gasteiger partial charge on any atom is 0.269 e. The van der Waals surface area contributed by atoms with Crippen molar-refractivity contribution in [1.82, 2.24) is 4.72 Å². The molecule has 0 saturated heterocycles. The molecular weight excluding hydrogens is 282 g/mol. The normalized spacial score (nSPS) is 12.2. The molecule has 0 heterocycles. The van der Waals surface area contributed by atoms with Crippen LogP contribution in [0.25, 0.3) is 0 Å². The Morgan fingerprint density at radius 3 is 2.40 bits per heavy atom. The summed E-state index contributed by atoms with van der Waals surface area (Å²) < 4.78 is 25.0. The Kier molecular flexibility index (Phi) is 4.72. The monoisotopic (exact) mass is 301 g/mol. The van der Waals surface area contributed by atoms with E-state index in [1.165, 1.54) is 12.1 Å². The molecule has 1 rings (SSSR count). The summed E-state index contributed by atoms with van der Waals surface area (Å²) in [6, 6.07) is 4.50. The smallest absolute Gasteiger partial charge is 0.269 e. The van der Waals surface area contributed by atoms with Crippen LogP contribution in [-0.4, -0.2) is 31.7 Å². The third-order valence-corrected chi connectivity index (χ3v) is 3.53. The van der Waals surface area contributed by atoms with E-state index in [-0.39, 0.29) is 5.69 Å². The summed E-state index contributed by atoms with van der Waals surface area (Å²) in [6.07, 6.45) is 1.10. The molecule has 0 unspecified atom stereocenters. The van der Waals surface area contributed by atoms with Crippen LogP contribution in [0.2, 0.25) is 0 Å². The van der Waals surface area contributed by atoms with Crippen molar-refractivity contribution in [1.29, 1.82) is 0 Å². The Morgan fingerprint density at radius 2 is 1.95 bits per heavy atom. The molecule has 1 aromatic carbocycles. The lowest BCUT2D eigenvalue weighted by Gasteiger charge is -2.26.